The first-order valence-electron chi connectivity index (χ1n) is 23.5. The van der Waals surface area contributed by atoms with E-state index in [9.17, 15) is 39.9 Å². The van der Waals surface area contributed by atoms with E-state index in [0.29, 0.717) is 12.0 Å². The fraction of sp³-hybridized carbons (Fsp3) is 0.848. The van der Waals surface area contributed by atoms with Gasteiger partial charge in [-0.3, -0.25) is 9.59 Å². The number of rotatable bonds is 13. The topological polar surface area (TPSA) is 316 Å². The number of ketones is 1. The lowest BCUT2D eigenvalue weighted by Crippen LogP contribution is -2.65. The van der Waals surface area contributed by atoms with Gasteiger partial charge in [0.1, 0.15) is 49.0 Å². The van der Waals surface area contributed by atoms with Gasteiger partial charge in [-0.25, -0.2) is 4.57 Å². The Kier molecular flexibility index (Phi) is 24.1. The lowest BCUT2D eigenvalue weighted by molar-refractivity contribution is -0.341. The molecule has 21 atom stereocenters. The van der Waals surface area contributed by atoms with Crippen molar-refractivity contribution in [3.8, 4) is 0 Å². The highest BCUT2D eigenvalue weighted by Gasteiger charge is 2.52. The monoisotopic (exact) mass is 1010 g/mol. The van der Waals surface area contributed by atoms with Crippen LogP contribution in [0.5, 0.6) is 0 Å². The van der Waals surface area contributed by atoms with E-state index in [1.165, 1.54) is 27.2 Å². The summed E-state index contributed by atoms with van der Waals surface area (Å²) in [5.74, 6) is -3.59. The number of allylic oxidation sites excluding steroid dienone is 3. The number of carbonyl (C=O) groups is 3. The summed E-state index contributed by atoms with van der Waals surface area (Å²) in [7, 11) is 1.79. The third-order valence-electron chi connectivity index (χ3n) is 13.4. The number of esters is 1. The third kappa shape index (κ3) is 17.5. The van der Waals surface area contributed by atoms with E-state index >= 15 is 0 Å². The summed E-state index contributed by atoms with van der Waals surface area (Å²) < 4.78 is 63.6. The maximum absolute atomic E-state index is 13.8. The third-order valence-corrected chi connectivity index (χ3v) is 13.4. The number of hydrogen-bond acceptors (Lipinski definition) is 19. The Morgan fingerprint density at radius 1 is 0.855 bits per heavy atom. The van der Waals surface area contributed by atoms with Gasteiger partial charge in [0, 0.05) is 44.8 Å². The molecule has 4 aliphatic heterocycles. The van der Waals surface area contributed by atoms with Crippen LogP contribution in [0.3, 0.4) is 0 Å². The first-order valence-corrected chi connectivity index (χ1v) is 25.0. The summed E-state index contributed by atoms with van der Waals surface area (Å²) in [4.78, 5) is 63.1. The van der Waals surface area contributed by atoms with Crippen LogP contribution in [0.1, 0.15) is 87.5 Å². The molecule has 3 fully saturated rings. The molecule has 22 nitrogen and oxygen atoms in total. The van der Waals surface area contributed by atoms with Crippen molar-refractivity contribution in [3.05, 3.63) is 23.8 Å². The number of likely N-dealkylation sites (N-methyl/N-ethyl adjacent to an activating group) is 1. The first kappa shape index (κ1) is 61.1. The van der Waals surface area contributed by atoms with Crippen molar-refractivity contribution in [2.24, 2.45) is 23.7 Å². The molecule has 0 amide bonds. The number of ether oxygens (including phenoxy) is 9. The summed E-state index contributed by atoms with van der Waals surface area (Å²) in [6.07, 6.45) is -8.49. The van der Waals surface area contributed by atoms with E-state index in [-0.39, 0.29) is 31.7 Å². The van der Waals surface area contributed by atoms with Crippen molar-refractivity contribution in [2.75, 3.05) is 34.9 Å². The molecule has 400 valence electrons. The van der Waals surface area contributed by atoms with Crippen molar-refractivity contribution in [3.63, 3.8) is 0 Å². The standard InChI is InChI=1S/C46H77NO17.H3O4P/c1-13-33-30(22-58-45-42(57-12)41(56-11)37(52)26(5)60-45)18-23(2)14-15-31(49)24(3)19-29(16-17-48)39(25(4)32(50)20-34(51)62-33)64-44-38(53)36(47(9)10)40(27(6)61-44)63-35-21-46(8,55)43(54)28(7)59-35;1-5(2,3)4/h14-15,17-18,24-30,32-33,35-45,50,52-55H,13,16,19-22H2,1-12H3;(H3,1,2,3,4)/b15-14-,23-18-;/t24-,25+,26-,27-,28+,29?,30-,32-,33-,35+,36-,37-,38-,39-,40-,41-,42-,43+,44+,45-,46-;/m1./s1. The van der Waals surface area contributed by atoms with E-state index in [0.717, 1.165) is 6.29 Å². The molecule has 4 rings (SSSR count). The Morgan fingerprint density at radius 3 is 2.01 bits per heavy atom. The van der Waals surface area contributed by atoms with Gasteiger partial charge in [-0.15, -0.1) is 0 Å². The van der Waals surface area contributed by atoms with Crippen LogP contribution in [-0.2, 0) is 61.6 Å². The molecule has 69 heavy (non-hydrogen) atoms. The molecule has 0 aromatic heterocycles. The molecule has 23 heteroatoms. The quantitative estimate of drug-likeness (QED) is 0.0722. The molecule has 4 heterocycles. The van der Waals surface area contributed by atoms with Gasteiger partial charge in [0.15, 0.2) is 24.7 Å². The minimum absolute atomic E-state index is 0.00788. The predicted octanol–water partition coefficient (Wildman–Crippen LogP) is 0.905. The second-order valence-corrected chi connectivity index (χ2v) is 20.3. The highest BCUT2D eigenvalue weighted by atomic mass is 31.2. The lowest BCUT2D eigenvalue weighted by atomic mass is 9.79. The molecule has 0 radical (unpaired) electrons. The van der Waals surface area contributed by atoms with Gasteiger partial charge >= 0.3 is 13.8 Å². The number of aliphatic hydroxyl groups excluding tert-OH is 4. The Morgan fingerprint density at radius 2 is 1.46 bits per heavy atom. The Labute approximate surface area is 405 Å². The molecule has 3 saturated heterocycles. The molecule has 0 aromatic carbocycles. The van der Waals surface area contributed by atoms with E-state index in [4.69, 9.17) is 61.9 Å². The number of carbonyl (C=O) groups excluding carboxylic acids is 3. The van der Waals surface area contributed by atoms with Gasteiger partial charge in [-0.05, 0) is 73.5 Å². The smallest absolute Gasteiger partial charge is 0.462 e. The summed E-state index contributed by atoms with van der Waals surface area (Å²) in [6.45, 7) is 13.6. The van der Waals surface area contributed by atoms with Crippen molar-refractivity contribution in [1.82, 2.24) is 4.90 Å². The SMILES string of the molecule is CC[C@H]1OC(=O)C[C@@H](O)[C@H](C)[C@@H](O[C@@H]2O[C@H](C)[C@@H](O[C@H]3C[C@@](C)(O)[C@@H](O)[C@H](C)O3)[C@H](N(C)C)[C@H]2O)C(CC=O)C[C@@H](C)C(=O)/C=C\C(C)=C/[C@@H]1CO[C@@H]1O[C@H](C)[C@@H](O)[C@@H](OC)[C@H]1OC.O=P(O)(O)O. The van der Waals surface area contributed by atoms with Crippen molar-refractivity contribution in [2.45, 2.75) is 191 Å². The second kappa shape index (κ2) is 27.2. The van der Waals surface area contributed by atoms with E-state index in [1.807, 2.05) is 19.9 Å². The van der Waals surface area contributed by atoms with Gasteiger partial charge in [0.05, 0.1) is 55.2 Å². The van der Waals surface area contributed by atoms with Crippen molar-refractivity contribution in [1.29, 1.82) is 0 Å². The minimum Gasteiger partial charge on any atom is -0.462 e. The van der Waals surface area contributed by atoms with Gasteiger partial charge in [-0.2, -0.15) is 0 Å². The van der Waals surface area contributed by atoms with Crippen LogP contribution in [0.15, 0.2) is 23.8 Å². The zero-order chi connectivity index (χ0) is 52.3. The Bertz CT molecular complexity index is 1720. The number of aliphatic hydroxyl groups is 5. The lowest BCUT2D eigenvalue weighted by Gasteiger charge is -2.50. The van der Waals surface area contributed by atoms with E-state index in [2.05, 4.69) is 0 Å². The summed E-state index contributed by atoms with van der Waals surface area (Å²) in [6, 6.07) is -0.748. The number of nitrogens with zero attached hydrogens (tertiary/aromatic N) is 1. The highest BCUT2D eigenvalue weighted by Crippen LogP contribution is 2.38. The molecule has 1 unspecified atom stereocenters. The highest BCUT2D eigenvalue weighted by molar-refractivity contribution is 7.45. The molecule has 0 aliphatic carbocycles. The molecule has 8 N–H and O–H groups in total. The maximum atomic E-state index is 13.8. The number of methoxy groups -OCH3 is 2. The van der Waals surface area contributed by atoms with Gasteiger partial charge in [0.25, 0.3) is 0 Å². The van der Waals surface area contributed by atoms with Crippen LogP contribution in [-0.4, -0.2) is 202 Å². The first-order chi connectivity index (χ1) is 32.1. The van der Waals surface area contributed by atoms with Crippen LogP contribution >= 0.6 is 7.82 Å². The van der Waals surface area contributed by atoms with Crippen LogP contribution in [0.2, 0.25) is 0 Å². The zero-order valence-corrected chi connectivity index (χ0v) is 42.8. The normalized spacial score (nSPS) is 43.5. The zero-order valence-electron chi connectivity index (χ0n) is 41.9. The number of aldehydes is 1. The Balaban J connectivity index is 0.00000239. The number of phosphoric acid groups is 1. The van der Waals surface area contributed by atoms with Crippen LogP contribution in [0.25, 0.3) is 0 Å². The molecule has 0 bridgehead atoms. The molecule has 4 aliphatic rings. The Hall–Kier alpha value is -2.16. The fourth-order valence-corrected chi connectivity index (χ4v) is 9.51. The summed E-state index contributed by atoms with van der Waals surface area (Å²) >= 11 is 0. The fourth-order valence-electron chi connectivity index (χ4n) is 9.51. The molecule has 0 spiro atoms. The second-order valence-electron chi connectivity index (χ2n) is 19.3. The maximum Gasteiger partial charge on any atom is 0.466 e. The summed E-state index contributed by atoms with van der Waals surface area (Å²) in [5, 5.41) is 55.8. The predicted molar refractivity (Wildman–Crippen MR) is 245 cm³/mol. The van der Waals surface area contributed by atoms with Crippen LogP contribution in [0.4, 0.5) is 0 Å². The van der Waals surface area contributed by atoms with E-state index < -0.39 is 148 Å². The van der Waals surface area contributed by atoms with Gasteiger partial charge in [-0.1, -0.05) is 38.5 Å². The van der Waals surface area contributed by atoms with E-state index in [1.54, 1.807) is 59.7 Å². The largest absolute Gasteiger partial charge is 0.466 e. The molecular weight excluding hydrogens is 933 g/mol. The average Bonchev–Trinajstić information content (AvgIpc) is 3.25. The molecular formula is C46H80NO21P. The van der Waals surface area contributed by atoms with Gasteiger partial charge in [0.2, 0.25) is 0 Å². The number of cyclic esters (lactones) is 1. The molecule has 0 saturated carbocycles. The van der Waals surface area contributed by atoms with Crippen molar-refractivity contribution < 1.29 is 102 Å². The average molecular weight is 1010 g/mol. The molecule has 0 aromatic rings. The van der Waals surface area contributed by atoms with Crippen molar-refractivity contribution >= 4 is 25.9 Å². The van der Waals surface area contributed by atoms with Gasteiger partial charge < -0.3 is 92.5 Å². The van der Waals surface area contributed by atoms with Crippen LogP contribution < -0.4 is 0 Å². The van der Waals surface area contributed by atoms with Crippen LogP contribution in [0, 0.1) is 23.7 Å². The number of hydrogen-bond donors (Lipinski definition) is 8. The summed E-state index contributed by atoms with van der Waals surface area (Å²) in [5.41, 5.74) is -0.806. The minimum atomic E-state index is -4.64.